The summed E-state index contributed by atoms with van der Waals surface area (Å²) >= 11 is 3.41. The molecule has 19 heavy (non-hydrogen) atoms. The minimum atomic E-state index is -0.205. The first-order valence-corrected chi connectivity index (χ1v) is 7.16. The van der Waals surface area contributed by atoms with Crippen molar-refractivity contribution in [2.75, 3.05) is 7.05 Å². The van der Waals surface area contributed by atoms with Crippen LogP contribution in [0, 0.1) is 5.82 Å². The molecule has 2 aromatic rings. The molecule has 0 saturated carbocycles. The normalized spacial score (nSPS) is 12.4. The Morgan fingerprint density at radius 2 is 1.89 bits per heavy atom. The lowest BCUT2D eigenvalue weighted by Gasteiger charge is -2.17. The Balaban J connectivity index is 2.04. The average molecular weight is 322 g/mol. The van der Waals surface area contributed by atoms with Crippen molar-refractivity contribution >= 4 is 15.9 Å². The third-order valence-corrected chi connectivity index (χ3v) is 4.01. The average Bonchev–Trinajstić information content (AvgIpc) is 2.43. The van der Waals surface area contributed by atoms with Crippen molar-refractivity contribution in [2.24, 2.45) is 0 Å². The lowest BCUT2D eigenvalue weighted by atomic mass is 9.99. The van der Waals surface area contributed by atoms with E-state index in [-0.39, 0.29) is 5.82 Å². The van der Waals surface area contributed by atoms with Crippen LogP contribution in [0.4, 0.5) is 4.39 Å². The molecule has 3 heteroatoms. The third kappa shape index (κ3) is 3.88. The van der Waals surface area contributed by atoms with Gasteiger partial charge in [-0.05, 0) is 43.1 Å². The highest BCUT2D eigenvalue weighted by molar-refractivity contribution is 9.10. The van der Waals surface area contributed by atoms with Crippen molar-refractivity contribution in [2.45, 2.75) is 18.9 Å². The molecule has 0 saturated heterocycles. The second-order valence-corrected chi connectivity index (χ2v) is 5.38. The molecule has 1 N–H and O–H groups in total. The molecule has 0 heterocycles. The molecule has 0 aliphatic carbocycles. The van der Waals surface area contributed by atoms with Crippen molar-refractivity contribution in [3.05, 3.63) is 69.9 Å². The molecule has 0 aliphatic rings. The van der Waals surface area contributed by atoms with E-state index in [1.165, 1.54) is 17.7 Å². The van der Waals surface area contributed by atoms with Crippen LogP contribution >= 0.6 is 15.9 Å². The molecule has 2 rings (SSSR count). The van der Waals surface area contributed by atoms with Gasteiger partial charge < -0.3 is 5.32 Å². The maximum Gasteiger partial charge on any atom is 0.124 e. The van der Waals surface area contributed by atoms with E-state index >= 15 is 0 Å². The summed E-state index contributed by atoms with van der Waals surface area (Å²) in [6, 6.07) is 15.6. The molecule has 1 unspecified atom stereocenters. The number of halogens is 2. The first kappa shape index (κ1) is 14.2. The van der Waals surface area contributed by atoms with Crippen LogP contribution in [0.15, 0.2) is 53.0 Å². The van der Waals surface area contributed by atoms with E-state index in [9.17, 15) is 4.39 Å². The van der Waals surface area contributed by atoms with Crippen molar-refractivity contribution in [1.82, 2.24) is 5.32 Å². The van der Waals surface area contributed by atoms with E-state index in [0.717, 1.165) is 22.9 Å². The molecule has 0 aromatic heterocycles. The van der Waals surface area contributed by atoms with Gasteiger partial charge in [-0.15, -0.1) is 0 Å². The monoisotopic (exact) mass is 321 g/mol. The van der Waals surface area contributed by atoms with Crippen molar-refractivity contribution < 1.29 is 4.39 Å². The number of benzene rings is 2. The van der Waals surface area contributed by atoms with Gasteiger partial charge >= 0.3 is 0 Å². The highest BCUT2D eigenvalue weighted by Crippen LogP contribution is 2.23. The zero-order valence-electron chi connectivity index (χ0n) is 10.9. The van der Waals surface area contributed by atoms with Gasteiger partial charge in [0.05, 0.1) is 0 Å². The summed E-state index contributed by atoms with van der Waals surface area (Å²) in [5, 5.41) is 3.33. The summed E-state index contributed by atoms with van der Waals surface area (Å²) in [5.74, 6) is -0.205. The van der Waals surface area contributed by atoms with Crippen LogP contribution < -0.4 is 5.32 Å². The van der Waals surface area contributed by atoms with Crippen LogP contribution in [-0.2, 0) is 6.42 Å². The fourth-order valence-corrected chi connectivity index (χ4v) is 2.74. The van der Waals surface area contributed by atoms with Crippen LogP contribution in [0.25, 0.3) is 0 Å². The van der Waals surface area contributed by atoms with Gasteiger partial charge in [-0.1, -0.05) is 52.3 Å². The zero-order chi connectivity index (χ0) is 13.7. The Morgan fingerprint density at radius 3 is 2.53 bits per heavy atom. The second kappa shape index (κ2) is 6.83. The van der Waals surface area contributed by atoms with Crippen molar-refractivity contribution in [1.29, 1.82) is 0 Å². The number of hydrogen-bond donors (Lipinski definition) is 1. The summed E-state index contributed by atoms with van der Waals surface area (Å²) in [4.78, 5) is 0. The van der Waals surface area contributed by atoms with E-state index in [0.29, 0.717) is 6.04 Å². The van der Waals surface area contributed by atoms with Gasteiger partial charge in [0.2, 0.25) is 0 Å². The molecular weight excluding hydrogens is 305 g/mol. The second-order valence-electron chi connectivity index (χ2n) is 4.53. The van der Waals surface area contributed by atoms with Crippen molar-refractivity contribution in [3.63, 3.8) is 0 Å². The summed E-state index contributed by atoms with van der Waals surface area (Å²) in [5.41, 5.74) is 2.42. The number of nitrogens with one attached hydrogen (secondary N) is 1. The summed E-state index contributed by atoms with van der Waals surface area (Å²) < 4.78 is 13.9. The first-order valence-electron chi connectivity index (χ1n) is 6.37. The van der Waals surface area contributed by atoms with Gasteiger partial charge in [-0.3, -0.25) is 0 Å². The molecule has 0 aliphatic heterocycles. The zero-order valence-corrected chi connectivity index (χ0v) is 12.5. The third-order valence-electron chi connectivity index (χ3n) is 3.27. The summed E-state index contributed by atoms with van der Waals surface area (Å²) in [6.07, 6.45) is 1.88. The number of hydrogen-bond acceptors (Lipinski definition) is 1. The van der Waals surface area contributed by atoms with Crippen LogP contribution in [-0.4, -0.2) is 7.05 Å². The van der Waals surface area contributed by atoms with Crippen LogP contribution in [0.1, 0.15) is 23.6 Å². The molecular formula is C16H17BrFN. The van der Waals surface area contributed by atoms with E-state index in [2.05, 4.69) is 33.4 Å². The van der Waals surface area contributed by atoms with E-state index < -0.39 is 0 Å². The van der Waals surface area contributed by atoms with Gasteiger partial charge in [0.15, 0.2) is 0 Å². The van der Waals surface area contributed by atoms with Gasteiger partial charge in [-0.25, -0.2) is 4.39 Å². The maximum atomic E-state index is 13.0. The lowest BCUT2D eigenvalue weighted by molar-refractivity contribution is 0.548. The highest BCUT2D eigenvalue weighted by Gasteiger charge is 2.10. The standard InChI is InChI=1S/C16H17BrFN/c1-19-16(13-5-3-2-4-6-13)10-8-12-7-9-14(18)11-15(12)17/h2-7,9,11,16,19H,8,10H2,1H3. The molecule has 0 radical (unpaired) electrons. The first-order chi connectivity index (χ1) is 9.20. The van der Waals surface area contributed by atoms with Gasteiger partial charge in [0.25, 0.3) is 0 Å². The molecule has 2 aromatic carbocycles. The lowest BCUT2D eigenvalue weighted by Crippen LogP contribution is -2.17. The van der Waals surface area contributed by atoms with Crippen LogP contribution in [0.2, 0.25) is 0 Å². The quantitative estimate of drug-likeness (QED) is 0.856. The fourth-order valence-electron chi connectivity index (χ4n) is 2.19. The minimum Gasteiger partial charge on any atom is -0.313 e. The molecule has 100 valence electrons. The Hall–Kier alpha value is -1.19. The molecule has 1 atom stereocenters. The molecule has 0 fully saturated rings. The smallest absolute Gasteiger partial charge is 0.124 e. The fraction of sp³-hybridized carbons (Fsp3) is 0.250. The topological polar surface area (TPSA) is 12.0 Å². The Kier molecular flexibility index (Phi) is 5.11. The van der Waals surface area contributed by atoms with E-state index in [1.807, 2.05) is 31.3 Å². The van der Waals surface area contributed by atoms with E-state index in [4.69, 9.17) is 0 Å². The van der Waals surface area contributed by atoms with Crippen LogP contribution in [0.3, 0.4) is 0 Å². The van der Waals surface area contributed by atoms with Gasteiger partial charge in [0, 0.05) is 10.5 Å². The Morgan fingerprint density at radius 1 is 1.16 bits per heavy atom. The minimum absolute atomic E-state index is 0.205. The predicted molar refractivity (Wildman–Crippen MR) is 80.7 cm³/mol. The molecule has 1 nitrogen and oxygen atoms in total. The largest absolute Gasteiger partial charge is 0.313 e. The predicted octanol–water partition coefficient (Wildman–Crippen LogP) is 4.48. The molecule has 0 spiro atoms. The highest BCUT2D eigenvalue weighted by atomic mass is 79.9. The molecule has 0 bridgehead atoms. The van der Waals surface area contributed by atoms with E-state index in [1.54, 1.807) is 0 Å². The summed E-state index contributed by atoms with van der Waals surface area (Å²) in [6.45, 7) is 0. The number of rotatable bonds is 5. The molecule has 0 amide bonds. The van der Waals surface area contributed by atoms with Crippen LogP contribution in [0.5, 0.6) is 0 Å². The maximum absolute atomic E-state index is 13.0. The SMILES string of the molecule is CNC(CCc1ccc(F)cc1Br)c1ccccc1. The van der Waals surface area contributed by atoms with Gasteiger partial charge in [-0.2, -0.15) is 0 Å². The number of aryl methyl sites for hydroxylation is 1. The van der Waals surface area contributed by atoms with Gasteiger partial charge in [0.1, 0.15) is 5.82 Å². The van der Waals surface area contributed by atoms with Crippen molar-refractivity contribution in [3.8, 4) is 0 Å². The summed E-state index contributed by atoms with van der Waals surface area (Å²) in [7, 11) is 1.97. The Bertz CT molecular complexity index is 528. The Labute approximate surface area is 122 Å².